The van der Waals surface area contributed by atoms with Crippen molar-refractivity contribution in [2.24, 2.45) is 0 Å². The summed E-state index contributed by atoms with van der Waals surface area (Å²) < 4.78 is 4.98. The molecule has 0 aromatic rings. The van der Waals surface area contributed by atoms with Gasteiger partial charge in [-0.3, -0.25) is 14.5 Å². The molecule has 0 aromatic heterocycles. The first-order valence-electron chi connectivity index (χ1n) is 5.51. The highest BCUT2D eigenvalue weighted by atomic mass is 16.6. The van der Waals surface area contributed by atoms with Crippen LogP contribution in [0.3, 0.4) is 0 Å². The molecule has 0 saturated carbocycles. The molecule has 1 aliphatic heterocycles. The summed E-state index contributed by atoms with van der Waals surface area (Å²) in [6.45, 7) is 3.71. The number of hydrogen-bond donors (Lipinski definition) is 0. The van der Waals surface area contributed by atoms with E-state index in [1.807, 2.05) is 6.92 Å². The molecule has 5 heteroatoms. The minimum atomic E-state index is -0.623. The average molecular weight is 227 g/mol. The van der Waals surface area contributed by atoms with Gasteiger partial charge >= 0.3 is 6.09 Å². The number of amides is 1. The van der Waals surface area contributed by atoms with E-state index in [0.717, 1.165) is 12.8 Å². The molecule has 0 bridgehead atoms. The van der Waals surface area contributed by atoms with Gasteiger partial charge in [-0.25, -0.2) is 4.79 Å². The smallest absolute Gasteiger partial charge is 0.410 e. The number of rotatable bonds is 4. The number of ketones is 2. The quantitative estimate of drug-likeness (QED) is 0.676. The number of nitrogens with zero attached hydrogens (tertiary/aromatic N) is 1. The number of hydrogen-bond acceptors (Lipinski definition) is 4. The van der Waals surface area contributed by atoms with E-state index >= 15 is 0 Å². The number of likely N-dealkylation sites (tertiary alicyclic amines) is 1. The zero-order valence-corrected chi connectivity index (χ0v) is 9.69. The van der Waals surface area contributed by atoms with Gasteiger partial charge in [-0.05, 0) is 13.3 Å². The van der Waals surface area contributed by atoms with Gasteiger partial charge in [0.2, 0.25) is 0 Å². The molecule has 1 saturated heterocycles. The second-order valence-corrected chi connectivity index (χ2v) is 3.97. The van der Waals surface area contributed by atoms with Crippen LogP contribution in [0, 0.1) is 0 Å². The Morgan fingerprint density at radius 2 is 2.19 bits per heavy atom. The number of carbonyl (C=O) groups excluding carboxylic acids is 3. The predicted molar refractivity (Wildman–Crippen MR) is 57.1 cm³/mol. The highest BCUT2D eigenvalue weighted by Crippen LogP contribution is 2.16. The summed E-state index contributed by atoms with van der Waals surface area (Å²) in [6, 6.07) is -0.623. The fraction of sp³-hybridized carbons (Fsp3) is 0.727. The molecule has 0 aliphatic carbocycles. The molecular weight excluding hydrogens is 210 g/mol. The van der Waals surface area contributed by atoms with Crippen LogP contribution in [0.25, 0.3) is 0 Å². The molecule has 1 rings (SSSR count). The first kappa shape index (κ1) is 12.7. The van der Waals surface area contributed by atoms with Crippen LogP contribution in [0.15, 0.2) is 0 Å². The lowest BCUT2D eigenvalue weighted by Gasteiger charge is -2.20. The van der Waals surface area contributed by atoms with E-state index < -0.39 is 12.1 Å². The van der Waals surface area contributed by atoms with Gasteiger partial charge in [0.15, 0.2) is 11.6 Å². The van der Waals surface area contributed by atoms with Gasteiger partial charge in [-0.15, -0.1) is 0 Å². The molecule has 0 spiro atoms. The third-order valence-electron chi connectivity index (χ3n) is 2.57. The first-order chi connectivity index (χ1) is 7.56. The molecule has 1 atom stereocenters. The SMILES string of the molecule is CCCCOC(=O)N1CC(=O)CC1C(C)=O. The molecular formula is C11H17NO4. The summed E-state index contributed by atoms with van der Waals surface area (Å²) in [6.07, 6.45) is 1.29. The molecule has 0 aromatic carbocycles. The molecule has 1 fully saturated rings. The molecule has 0 radical (unpaired) electrons. The van der Waals surface area contributed by atoms with Crippen LogP contribution >= 0.6 is 0 Å². The highest BCUT2D eigenvalue weighted by Gasteiger charge is 2.37. The van der Waals surface area contributed by atoms with Gasteiger partial charge < -0.3 is 4.74 Å². The number of Topliss-reactive ketones (excluding diaryl/α,β-unsaturated/α-hetero) is 2. The van der Waals surface area contributed by atoms with Gasteiger partial charge in [0.1, 0.15) is 6.04 Å². The maximum Gasteiger partial charge on any atom is 0.410 e. The van der Waals surface area contributed by atoms with Gasteiger partial charge in [0.25, 0.3) is 0 Å². The summed E-state index contributed by atoms with van der Waals surface area (Å²) in [4.78, 5) is 35.2. The van der Waals surface area contributed by atoms with Crippen molar-refractivity contribution in [2.45, 2.75) is 39.2 Å². The van der Waals surface area contributed by atoms with E-state index in [1.165, 1.54) is 11.8 Å². The summed E-state index contributed by atoms with van der Waals surface area (Å²) in [7, 11) is 0. The zero-order chi connectivity index (χ0) is 12.1. The molecule has 1 heterocycles. The van der Waals surface area contributed by atoms with Gasteiger partial charge in [-0.2, -0.15) is 0 Å². The molecule has 1 aliphatic rings. The topological polar surface area (TPSA) is 63.7 Å². The van der Waals surface area contributed by atoms with E-state index in [2.05, 4.69) is 0 Å². The number of unbranched alkanes of at least 4 members (excludes halogenated alkanes) is 1. The Hall–Kier alpha value is -1.39. The summed E-state index contributed by atoms with van der Waals surface area (Å²) >= 11 is 0. The molecule has 5 nitrogen and oxygen atoms in total. The van der Waals surface area contributed by atoms with Crippen LogP contribution in [0.5, 0.6) is 0 Å². The zero-order valence-electron chi connectivity index (χ0n) is 9.69. The number of carbonyl (C=O) groups is 3. The Balaban J connectivity index is 2.53. The van der Waals surface area contributed by atoms with Crippen molar-refractivity contribution in [2.75, 3.05) is 13.2 Å². The summed E-state index contributed by atoms with van der Waals surface area (Å²) in [5, 5.41) is 0. The highest BCUT2D eigenvalue weighted by molar-refractivity contribution is 5.97. The molecule has 16 heavy (non-hydrogen) atoms. The summed E-state index contributed by atoms with van der Waals surface area (Å²) in [5.74, 6) is -0.258. The van der Waals surface area contributed by atoms with Gasteiger partial charge in [0, 0.05) is 6.42 Å². The van der Waals surface area contributed by atoms with Crippen LogP contribution in [-0.4, -0.2) is 41.8 Å². The van der Waals surface area contributed by atoms with Crippen molar-refractivity contribution in [3.05, 3.63) is 0 Å². The Morgan fingerprint density at radius 1 is 1.50 bits per heavy atom. The lowest BCUT2D eigenvalue weighted by molar-refractivity contribution is -0.122. The predicted octanol–water partition coefficient (Wildman–Crippen LogP) is 1.16. The Morgan fingerprint density at radius 3 is 2.75 bits per heavy atom. The van der Waals surface area contributed by atoms with E-state index in [9.17, 15) is 14.4 Å². The van der Waals surface area contributed by atoms with E-state index in [0.29, 0.717) is 6.61 Å². The van der Waals surface area contributed by atoms with Crippen molar-refractivity contribution in [3.8, 4) is 0 Å². The minimum Gasteiger partial charge on any atom is -0.449 e. The van der Waals surface area contributed by atoms with Gasteiger partial charge in [0.05, 0.1) is 13.2 Å². The molecule has 90 valence electrons. The first-order valence-corrected chi connectivity index (χ1v) is 5.51. The van der Waals surface area contributed by atoms with Crippen LogP contribution in [0.4, 0.5) is 4.79 Å². The second kappa shape index (κ2) is 5.63. The third kappa shape index (κ3) is 3.05. The lowest BCUT2D eigenvalue weighted by atomic mass is 10.1. The fourth-order valence-electron chi connectivity index (χ4n) is 1.63. The van der Waals surface area contributed by atoms with Gasteiger partial charge in [-0.1, -0.05) is 13.3 Å². The van der Waals surface area contributed by atoms with Crippen molar-refractivity contribution in [1.82, 2.24) is 4.90 Å². The molecule has 1 unspecified atom stereocenters. The second-order valence-electron chi connectivity index (χ2n) is 3.97. The largest absolute Gasteiger partial charge is 0.449 e. The summed E-state index contributed by atoms with van der Waals surface area (Å²) in [5.41, 5.74) is 0. The lowest BCUT2D eigenvalue weighted by Crippen LogP contribution is -2.40. The van der Waals surface area contributed by atoms with E-state index in [-0.39, 0.29) is 24.5 Å². The van der Waals surface area contributed by atoms with Crippen LogP contribution in [-0.2, 0) is 14.3 Å². The monoisotopic (exact) mass is 227 g/mol. The fourth-order valence-corrected chi connectivity index (χ4v) is 1.63. The van der Waals surface area contributed by atoms with Crippen molar-refractivity contribution < 1.29 is 19.1 Å². The number of ether oxygens (including phenoxy) is 1. The normalized spacial score (nSPS) is 20.0. The minimum absolute atomic E-state index is 0.00476. The average Bonchev–Trinajstić information content (AvgIpc) is 2.61. The molecule has 1 amide bonds. The maximum atomic E-state index is 11.6. The molecule has 0 N–H and O–H groups in total. The van der Waals surface area contributed by atoms with Crippen molar-refractivity contribution in [1.29, 1.82) is 0 Å². The van der Waals surface area contributed by atoms with E-state index in [1.54, 1.807) is 0 Å². The van der Waals surface area contributed by atoms with Crippen molar-refractivity contribution >= 4 is 17.7 Å². The Kier molecular flexibility index (Phi) is 4.46. The standard InChI is InChI=1S/C11H17NO4/c1-3-4-5-16-11(15)12-7-9(14)6-10(12)8(2)13/h10H,3-7H2,1-2H3. The maximum absolute atomic E-state index is 11.6. The Bertz CT molecular complexity index is 300. The van der Waals surface area contributed by atoms with Crippen LogP contribution in [0.2, 0.25) is 0 Å². The van der Waals surface area contributed by atoms with Crippen molar-refractivity contribution in [3.63, 3.8) is 0 Å². The van der Waals surface area contributed by atoms with Crippen LogP contribution in [0.1, 0.15) is 33.1 Å². The van der Waals surface area contributed by atoms with E-state index in [4.69, 9.17) is 4.74 Å². The third-order valence-corrected chi connectivity index (χ3v) is 2.57. The van der Waals surface area contributed by atoms with Crippen LogP contribution < -0.4 is 0 Å². The Labute approximate surface area is 94.7 Å².